The van der Waals surface area contributed by atoms with Crippen molar-refractivity contribution < 1.29 is 4.39 Å². The zero-order valence-corrected chi connectivity index (χ0v) is 13.1. The Bertz CT molecular complexity index is 816. The van der Waals surface area contributed by atoms with Crippen molar-refractivity contribution in [2.45, 2.75) is 13.8 Å². The number of aromatic nitrogens is 2. The van der Waals surface area contributed by atoms with Crippen LogP contribution in [0, 0.1) is 12.7 Å². The minimum atomic E-state index is -0.303. The van der Waals surface area contributed by atoms with E-state index in [0.29, 0.717) is 34.1 Å². The number of hydrogen-bond donors (Lipinski definition) is 1. The Kier molecular flexibility index (Phi) is 3.78. The lowest BCUT2D eigenvalue weighted by molar-refractivity contribution is 0.629. The molecule has 0 unspecified atom stereocenters. The highest BCUT2D eigenvalue weighted by molar-refractivity contribution is 7.14. The second-order valence-electron chi connectivity index (χ2n) is 4.65. The quantitative estimate of drug-likeness (QED) is 0.746. The van der Waals surface area contributed by atoms with E-state index >= 15 is 0 Å². The smallest absolute Gasteiger partial charge is 0.173 e. The van der Waals surface area contributed by atoms with E-state index in [1.165, 1.54) is 23.5 Å². The summed E-state index contributed by atoms with van der Waals surface area (Å²) in [5.74, 6) is 0.885. The summed E-state index contributed by atoms with van der Waals surface area (Å²) in [6.45, 7) is 4.61. The fourth-order valence-corrected chi connectivity index (χ4v) is 3.30. The summed E-state index contributed by atoms with van der Waals surface area (Å²) in [6.07, 6.45) is 0. The van der Waals surface area contributed by atoms with Gasteiger partial charge in [-0.05, 0) is 43.0 Å². The molecule has 0 aliphatic carbocycles. The third-order valence-electron chi connectivity index (χ3n) is 3.10. The van der Waals surface area contributed by atoms with Crippen LogP contribution in [0.1, 0.15) is 12.5 Å². The van der Waals surface area contributed by atoms with Gasteiger partial charge in [0, 0.05) is 11.9 Å². The molecule has 21 heavy (non-hydrogen) atoms. The van der Waals surface area contributed by atoms with Crippen LogP contribution in [0.5, 0.6) is 0 Å². The molecular weight excluding hydrogens is 309 g/mol. The lowest BCUT2D eigenvalue weighted by Gasteiger charge is -2.09. The Morgan fingerprint density at radius 3 is 2.81 bits per heavy atom. The van der Waals surface area contributed by atoms with Crippen molar-refractivity contribution in [3.8, 4) is 10.7 Å². The molecule has 0 atom stereocenters. The van der Waals surface area contributed by atoms with E-state index < -0.39 is 0 Å². The van der Waals surface area contributed by atoms with Crippen molar-refractivity contribution in [2.24, 2.45) is 0 Å². The maximum absolute atomic E-state index is 13.4. The molecule has 0 saturated carbocycles. The van der Waals surface area contributed by atoms with Crippen LogP contribution in [0.15, 0.2) is 23.6 Å². The van der Waals surface area contributed by atoms with Crippen molar-refractivity contribution in [1.29, 1.82) is 0 Å². The van der Waals surface area contributed by atoms with Gasteiger partial charge in [-0.15, -0.1) is 11.3 Å². The lowest BCUT2D eigenvalue weighted by atomic mass is 10.2. The Hall–Kier alpha value is -1.72. The molecule has 2 aromatic heterocycles. The molecule has 3 nitrogen and oxygen atoms in total. The van der Waals surface area contributed by atoms with Crippen molar-refractivity contribution in [3.05, 3.63) is 40.0 Å². The van der Waals surface area contributed by atoms with Gasteiger partial charge in [-0.25, -0.2) is 14.4 Å². The summed E-state index contributed by atoms with van der Waals surface area (Å²) in [7, 11) is 0. The first-order valence-corrected chi connectivity index (χ1v) is 7.81. The fourth-order valence-electron chi connectivity index (χ4n) is 2.09. The summed E-state index contributed by atoms with van der Waals surface area (Å²) in [4.78, 5) is 9.86. The predicted molar refractivity (Wildman–Crippen MR) is 86.7 cm³/mol. The van der Waals surface area contributed by atoms with Gasteiger partial charge < -0.3 is 5.32 Å². The number of benzene rings is 1. The van der Waals surface area contributed by atoms with Gasteiger partial charge in [-0.3, -0.25) is 0 Å². The number of hydrogen-bond acceptors (Lipinski definition) is 4. The average molecular weight is 322 g/mol. The number of thiophene rings is 1. The zero-order chi connectivity index (χ0) is 15.0. The van der Waals surface area contributed by atoms with Crippen LogP contribution in [-0.2, 0) is 0 Å². The monoisotopic (exact) mass is 321 g/mol. The Balaban J connectivity index is 2.25. The third-order valence-corrected chi connectivity index (χ3v) is 4.80. The van der Waals surface area contributed by atoms with Crippen molar-refractivity contribution in [3.63, 3.8) is 0 Å². The third kappa shape index (κ3) is 2.59. The maximum Gasteiger partial charge on any atom is 0.173 e. The van der Waals surface area contributed by atoms with Crippen molar-refractivity contribution in [2.75, 3.05) is 11.9 Å². The Labute approximate surface area is 130 Å². The molecule has 0 radical (unpaired) electrons. The molecule has 0 spiro atoms. The van der Waals surface area contributed by atoms with E-state index in [-0.39, 0.29) is 5.82 Å². The molecule has 2 heterocycles. The molecular formula is C15H13ClFN3S. The van der Waals surface area contributed by atoms with E-state index in [1.54, 1.807) is 6.07 Å². The molecule has 0 fully saturated rings. The number of rotatable bonds is 3. The summed E-state index contributed by atoms with van der Waals surface area (Å²) < 4.78 is 13.4. The SMILES string of the molecule is CCNc1nc(-c2scc(C)c2Cl)nc2ccc(F)cc12. The van der Waals surface area contributed by atoms with Crippen LogP contribution in [0.4, 0.5) is 10.2 Å². The molecule has 3 rings (SSSR count). The molecule has 108 valence electrons. The molecule has 1 N–H and O–H groups in total. The topological polar surface area (TPSA) is 37.8 Å². The van der Waals surface area contributed by atoms with Crippen molar-refractivity contribution >= 4 is 39.7 Å². The second kappa shape index (κ2) is 5.58. The van der Waals surface area contributed by atoms with Crippen LogP contribution in [0.2, 0.25) is 5.02 Å². The van der Waals surface area contributed by atoms with Crippen LogP contribution < -0.4 is 5.32 Å². The number of fused-ring (bicyclic) bond motifs is 1. The number of aryl methyl sites for hydroxylation is 1. The highest BCUT2D eigenvalue weighted by Gasteiger charge is 2.15. The summed E-state index contributed by atoms with van der Waals surface area (Å²) in [6, 6.07) is 4.50. The first-order chi connectivity index (χ1) is 10.1. The van der Waals surface area contributed by atoms with Gasteiger partial charge in [0.2, 0.25) is 0 Å². The molecule has 0 aliphatic heterocycles. The van der Waals surface area contributed by atoms with Gasteiger partial charge in [-0.2, -0.15) is 0 Å². The first-order valence-electron chi connectivity index (χ1n) is 6.55. The van der Waals surface area contributed by atoms with Gasteiger partial charge >= 0.3 is 0 Å². The van der Waals surface area contributed by atoms with E-state index in [1.807, 2.05) is 19.2 Å². The van der Waals surface area contributed by atoms with Gasteiger partial charge in [0.1, 0.15) is 11.6 Å². The van der Waals surface area contributed by atoms with E-state index in [9.17, 15) is 4.39 Å². The van der Waals surface area contributed by atoms with E-state index in [0.717, 1.165) is 10.4 Å². The molecule has 1 aromatic carbocycles. The standard InChI is InChI=1S/C15H13ClFN3S/c1-3-18-14-10-6-9(17)4-5-11(10)19-15(20-14)13-12(16)8(2)7-21-13/h4-7H,3H2,1-2H3,(H,18,19,20). The summed E-state index contributed by atoms with van der Waals surface area (Å²) in [5.41, 5.74) is 1.70. The van der Waals surface area contributed by atoms with Gasteiger partial charge in [0.05, 0.1) is 15.4 Å². The first kappa shape index (κ1) is 14.2. The van der Waals surface area contributed by atoms with Gasteiger partial charge in [-0.1, -0.05) is 11.6 Å². The molecule has 0 saturated heterocycles. The molecule has 0 aliphatic rings. The zero-order valence-electron chi connectivity index (χ0n) is 11.6. The average Bonchev–Trinajstić information content (AvgIpc) is 2.80. The minimum Gasteiger partial charge on any atom is -0.370 e. The molecule has 0 amide bonds. The van der Waals surface area contributed by atoms with E-state index in [2.05, 4.69) is 15.3 Å². The van der Waals surface area contributed by atoms with Crippen LogP contribution in [-0.4, -0.2) is 16.5 Å². The maximum atomic E-state index is 13.4. The predicted octanol–water partition coefficient (Wildman–Crippen LogP) is 4.89. The Morgan fingerprint density at radius 1 is 1.33 bits per heavy atom. The highest BCUT2D eigenvalue weighted by Crippen LogP contribution is 2.36. The molecule has 6 heteroatoms. The number of nitrogens with zero attached hydrogens (tertiary/aromatic N) is 2. The normalized spacial score (nSPS) is 11.0. The lowest BCUT2D eigenvalue weighted by Crippen LogP contribution is -2.03. The number of halogens is 2. The molecule has 0 bridgehead atoms. The molecule has 3 aromatic rings. The summed E-state index contributed by atoms with van der Waals surface area (Å²) in [5, 5.41) is 6.47. The van der Waals surface area contributed by atoms with Crippen LogP contribution in [0.25, 0.3) is 21.6 Å². The minimum absolute atomic E-state index is 0.303. The summed E-state index contributed by atoms with van der Waals surface area (Å²) >= 11 is 7.81. The van der Waals surface area contributed by atoms with Gasteiger partial charge in [0.15, 0.2) is 5.82 Å². The number of anilines is 1. The van der Waals surface area contributed by atoms with Crippen LogP contribution >= 0.6 is 22.9 Å². The van der Waals surface area contributed by atoms with E-state index in [4.69, 9.17) is 11.6 Å². The van der Waals surface area contributed by atoms with Crippen molar-refractivity contribution in [1.82, 2.24) is 9.97 Å². The fraction of sp³-hybridized carbons (Fsp3) is 0.200. The largest absolute Gasteiger partial charge is 0.370 e. The Morgan fingerprint density at radius 2 is 2.14 bits per heavy atom. The van der Waals surface area contributed by atoms with Crippen LogP contribution in [0.3, 0.4) is 0 Å². The van der Waals surface area contributed by atoms with Gasteiger partial charge in [0.25, 0.3) is 0 Å². The number of nitrogens with one attached hydrogen (secondary N) is 1. The second-order valence-corrected chi connectivity index (χ2v) is 5.91. The highest BCUT2D eigenvalue weighted by atomic mass is 35.5.